The molecule has 1 aromatic heterocycles. The highest BCUT2D eigenvalue weighted by Gasteiger charge is 2.15. The van der Waals surface area contributed by atoms with E-state index in [0.29, 0.717) is 28.1 Å². The van der Waals surface area contributed by atoms with Crippen molar-refractivity contribution in [2.45, 2.75) is 20.4 Å². The summed E-state index contributed by atoms with van der Waals surface area (Å²) in [4.78, 5) is 16.9. The largest absolute Gasteiger partial charge is 0.493 e. The van der Waals surface area contributed by atoms with Crippen LogP contribution in [0.4, 0.5) is 5.69 Å². The summed E-state index contributed by atoms with van der Waals surface area (Å²) in [6.45, 7) is 5.11. The van der Waals surface area contributed by atoms with Crippen LogP contribution in [0.25, 0.3) is 0 Å². The van der Waals surface area contributed by atoms with Gasteiger partial charge in [0.05, 0.1) is 18.2 Å². The van der Waals surface area contributed by atoms with Crippen molar-refractivity contribution in [3.05, 3.63) is 70.2 Å². The molecular weight excluding hydrogens is 422 g/mol. The summed E-state index contributed by atoms with van der Waals surface area (Å²) in [7, 11) is 1.55. The molecule has 0 radical (unpaired) electrons. The Morgan fingerprint density at radius 1 is 1.25 bits per heavy atom. The molecule has 7 heteroatoms. The van der Waals surface area contributed by atoms with Crippen molar-refractivity contribution in [3.8, 4) is 11.5 Å². The number of carbonyl (C=O) groups is 1. The van der Waals surface area contributed by atoms with Crippen LogP contribution in [0.15, 0.2) is 53.3 Å². The number of halogens is 1. The maximum absolute atomic E-state index is 12.6. The molecule has 1 N–H and O–H groups in total. The molecule has 0 unspecified atom stereocenters. The van der Waals surface area contributed by atoms with E-state index >= 15 is 0 Å². The third-order valence-corrected chi connectivity index (χ3v) is 4.86. The first-order valence-corrected chi connectivity index (χ1v) is 9.69. The van der Waals surface area contributed by atoms with E-state index < -0.39 is 0 Å². The van der Waals surface area contributed by atoms with Crippen molar-refractivity contribution in [1.29, 1.82) is 0 Å². The number of hydrogen-bond acceptors (Lipinski definition) is 4. The molecule has 0 atom stereocenters. The Bertz CT molecular complexity index is 968. The number of hydrogen-bond donors (Lipinski definition) is 1. The molecular formula is C21H22BrN3O3. The predicted molar refractivity (Wildman–Crippen MR) is 112 cm³/mol. The second-order valence-electron chi connectivity index (χ2n) is 6.18. The first-order chi connectivity index (χ1) is 13.5. The molecule has 0 aliphatic rings. The molecule has 3 aromatic rings. The van der Waals surface area contributed by atoms with Crippen molar-refractivity contribution in [1.82, 2.24) is 9.55 Å². The van der Waals surface area contributed by atoms with Crippen molar-refractivity contribution >= 4 is 27.5 Å². The van der Waals surface area contributed by atoms with E-state index in [-0.39, 0.29) is 5.91 Å². The van der Waals surface area contributed by atoms with Gasteiger partial charge in [-0.3, -0.25) is 4.79 Å². The number of carbonyl (C=O) groups excluding carboxylic acids is 1. The van der Waals surface area contributed by atoms with Crippen LogP contribution >= 0.6 is 15.9 Å². The van der Waals surface area contributed by atoms with Gasteiger partial charge in [-0.2, -0.15) is 0 Å². The predicted octanol–water partition coefficient (Wildman–Crippen LogP) is 4.66. The van der Waals surface area contributed by atoms with Crippen LogP contribution in [0.3, 0.4) is 0 Å². The third-order valence-electron chi connectivity index (χ3n) is 4.27. The van der Waals surface area contributed by atoms with Crippen molar-refractivity contribution in [3.63, 3.8) is 0 Å². The maximum Gasteiger partial charge on any atom is 0.255 e. The topological polar surface area (TPSA) is 65.4 Å². The second kappa shape index (κ2) is 8.93. The molecule has 146 valence electrons. The fourth-order valence-electron chi connectivity index (χ4n) is 2.80. The van der Waals surface area contributed by atoms with Crippen LogP contribution in [0.1, 0.15) is 28.7 Å². The monoisotopic (exact) mass is 443 g/mol. The number of nitrogens with zero attached hydrogens (tertiary/aromatic N) is 2. The van der Waals surface area contributed by atoms with E-state index in [2.05, 4.69) is 30.8 Å². The van der Waals surface area contributed by atoms with Crippen molar-refractivity contribution in [2.24, 2.45) is 0 Å². The molecule has 0 saturated heterocycles. The van der Waals surface area contributed by atoms with Gasteiger partial charge in [-0.1, -0.05) is 12.1 Å². The van der Waals surface area contributed by atoms with Gasteiger partial charge in [-0.25, -0.2) is 4.98 Å². The summed E-state index contributed by atoms with van der Waals surface area (Å²) in [5.41, 5.74) is 2.33. The van der Waals surface area contributed by atoms with Gasteiger partial charge in [0.1, 0.15) is 5.82 Å². The zero-order chi connectivity index (χ0) is 20.1. The average Bonchev–Trinajstić information content (AvgIpc) is 3.09. The number of anilines is 1. The number of rotatable bonds is 7. The Balaban J connectivity index is 1.72. The van der Waals surface area contributed by atoms with Crippen molar-refractivity contribution < 1.29 is 14.3 Å². The van der Waals surface area contributed by atoms with Gasteiger partial charge in [0.15, 0.2) is 11.5 Å². The fraction of sp³-hybridized carbons (Fsp3) is 0.238. The molecule has 0 fully saturated rings. The number of imidazole rings is 1. The summed E-state index contributed by atoms with van der Waals surface area (Å²) in [5.74, 6) is 1.83. The Kier molecular flexibility index (Phi) is 6.36. The van der Waals surface area contributed by atoms with Gasteiger partial charge >= 0.3 is 0 Å². The van der Waals surface area contributed by atoms with Gasteiger partial charge in [0.25, 0.3) is 5.91 Å². The fourth-order valence-corrected chi connectivity index (χ4v) is 3.36. The third kappa shape index (κ3) is 4.54. The Labute approximate surface area is 172 Å². The first kappa shape index (κ1) is 19.9. The lowest BCUT2D eigenvalue weighted by atomic mass is 10.1. The molecule has 0 saturated carbocycles. The van der Waals surface area contributed by atoms with Gasteiger partial charge < -0.3 is 19.4 Å². The smallest absolute Gasteiger partial charge is 0.255 e. The van der Waals surface area contributed by atoms with Crippen LogP contribution in [0.5, 0.6) is 11.5 Å². The lowest BCUT2D eigenvalue weighted by molar-refractivity contribution is 0.102. The van der Waals surface area contributed by atoms with Crippen LogP contribution in [-0.4, -0.2) is 29.2 Å². The van der Waals surface area contributed by atoms with Crippen LogP contribution in [0.2, 0.25) is 0 Å². The number of methoxy groups -OCH3 is 1. The molecule has 28 heavy (non-hydrogen) atoms. The molecule has 0 aliphatic heterocycles. The Morgan fingerprint density at radius 2 is 2.00 bits per heavy atom. The highest BCUT2D eigenvalue weighted by atomic mass is 79.9. The van der Waals surface area contributed by atoms with E-state index in [1.807, 2.05) is 44.3 Å². The van der Waals surface area contributed by atoms with Gasteiger partial charge in [-0.15, -0.1) is 0 Å². The van der Waals surface area contributed by atoms with E-state index in [0.717, 1.165) is 23.6 Å². The quantitative estimate of drug-likeness (QED) is 0.576. The highest BCUT2D eigenvalue weighted by molar-refractivity contribution is 9.10. The molecule has 1 heterocycles. The number of nitrogens with one attached hydrogen (secondary N) is 1. The summed E-state index contributed by atoms with van der Waals surface area (Å²) in [5, 5.41) is 2.91. The minimum absolute atomic E-state index is 0.222. The highest BCUT2D eigenvalue weighted by Crippen LogP contribution is 2.36. The SMILES string of the molecule is CCOc1c(Br)cc(C(=O)Nc2ccc(Cn3ccnc3C)cc2)cc1OC. The van der Waals surface area contributed by atoms with E-state index in [9.17, 15) is 4.79 Å². The lowest BCUT2D eigenvalue weighted by Crippen LogP contribution is -2.12. The maximum atomic E-state index is 12.6. The molecule has 3 rings (SSSR count). The minimum Gasteiger partial charge on any atom is -0.493 e. The zero-order valence-corrected chi connectivity index (χ0v) is 17.6. The summed E-state index contributed by atoms with van der Waals surface area (Å²) < 4.78 is 13.7. The standard InChI is InChI=1S/C21H22BrN3O3/c1-4-28-20-18(22)11-16(12-19(20)27-3)21(26)24-17-7-5-15(6-8-17)13-25-10-9-23-14(25)2/h5-12H,4,13H2,1-3H3,(H,24,26). The van der Waals surface area contributed by atoms with E-state index in [1.165, 1.54) is 0 Å². The number of aromatic nitrogens is 2. The Morgan fingerprint density at radius 3 is 2.61 bits per heavy atom. The number of benzene rings is 2. The molecule has 0 aliphatic carbocycles. The summed E-state index contributed by atoms with van der Waals surface area (Å²) >= 11 is 3.44. The lowest BCUT2D eigenvalue weighted by Gasteiger charge is -2.13. The second-order valence-corrected chi connectivity index (χ2v) is 7.03. The summed E-state index contributed by atoms with van der Waals surface area (Å²) in [6, 6.07) is 11.1. The molecule has 0 bridgehead atoms. The summed E-state index contributed by atoms with van der Waals surface area (Å²) in [6.07, 6.45) is 3.73. The van der Waals surface area contributed by atoms with Crippen LogP contribution in [0, 0.1) is 6.92 Å². The van der Waals surface area contributed by atoms with Crippen LogP contribution in [-0.2, 0) is 6.54 Å². The number of amides is 1. The molecule has 6 nitrogen and oxygen atoms in total. The van der Waals surface area contributed by atoms with Crippen LogP contribution < -0.4 is 14.8 Å². The first-order valence-electron chi connectivity index (χ1n) is 8.90. The number of aryl methyl sites for hydroxylation is 1. The van der Waals surface area contributed by atoms with E-state index in [1.54, 1.807) is 25.4 Å². The number of ether oxygens (including phenoxy) is 2. The zero-order valence-electron chi connectivity index (χ0n) is 16.0. The molecule has 0 spiro atoms. The normalized spacial score (nSPS) is 10.6. The van der Waals surface area contributed by atoms with Gasteiger partial charge in [0.2, 0.25) is 0 Å². The van der Waals surface area contributed by atoms with Gasteiger partial charge in [-0.05, 0) is 59.6 Å². The van der Waals surface area contributed by atoms with Gasteiger partial charge in [0, 0.05) is 30.2 Å². The molecule has 2 aromatic carbocycles. The molecule has 1 amide bonds. The Hall–Kier alpha value is -2.80. The minimum atomic E-state index is -0.222. The average molecular weight is 444 g/mol. The van der Waals surface area contributed by atoms with Crippen molar-refractivity contribution in [2.75, 3.05) is 19.0 Å². The van der Waals surface area contributed by atoms with E-state index in [4.69, 9.17) is 9.47 Å².